The molecular formula is C29H32ClFN4O4S. The van der Waals surface area contributed by atoms with Gasteiger partial charge in [0.05, 0.1) is 23.8 Å². The van der Waals surface area contributed by atoms with E-state index in [0.717, 1.165) is 38.2 Å². The predicted molar refractivity (Wildman–Crippen MR) is 155 cm³/mol. The number of aromatic nitrogens is 2. The average Bonchev–Trinajstić information content (AvgIpc) is 3.06. The molecule has 0 atom stereocenters. The monoisotopic (exact) mass is 586 g/mol. The lowest BCUT2D eigenvalue weighted by Gasteiger charge is -2.40. The Morgan fingerprint density at radius 3 is 2.52 bits per heavy atom. The van der Waals surface area contributed by atoms with Crippen LogP contribution in [0.15, 0.2) is 34.0 Å². The molecule has 4 heterocycles. The molecule has 0 aliphatic carbocycles. The van der Waals surface area contributed by atoms with E-state index in [1.807, 2.05) is 27.7 Å². The molecule has 3 aliphatic rings. The Balaban J connectivity index is 1.46. The van der Waals surface area contributed by atoms with Crippen LogP contribution in [0.1, 0.15) is 26.3 Å². The molecule has 0 saturated carbocycles. The number of piperazine rings is 1. The second kappa shape index (κ2) is 9.92. The minimum absolute atomic E-state index is 0.0577. The van der Waals surface area contributed by atoms with E-state index in [4.69, 9.17) is 21.1 Å². The second-order valence-corrected chi connectivity index (χ2v) is 13.4. The van der Waals surface area contributed by atoms with E-state index in [1.165, 1.54) is 6.07 Å². The van der Waals surface area contributed by atoms with Crippen LogP contribution in [0.3, 0.4) is 0 Å². The summed E-state index contributed by atoms with van der Waals surface area (Å²) in [5.41, 5.74) is 2.55. The van der Waals surface area contributed by atoms with Crippen molar-refractivity contribution < 1.29 is 18.7 Å². The SMILES string of the molecule is Cc1cc2c(N3CCN(C(=O)OC(C)(C)C)CC3)nc(=O)n3c2c(c1-c1ccc(F)c(Cl)c1)SCC1(COC1)C3. The van der Waals surface area contributed by atoms with E-state index in [-0.39, 0.29) is 22.2 Å². The fourth-order valence-electron chi connectivity index (χ4n) is 5.66. The number of hydrogen-bond acceptors (Lipinski definition) is 7. The van der Waals surface area contributed by atoms with Crippen LogP contribution in [-0.2, 0) is 16.0 Å². The number of nitrogens with zero attached hydrogens (tertiary/aromatic N) is 4. The third kappa shape index (κ3) is 4.84. The third-order valence-corrected chi connectivity index (χ3v) is 9.40. The molecule has 1 amide bonds. The Hall–Kier alpha value is -2.82. The van der Waals surface area contributed by atoms with Gasteiger partial charge in [0.1, 0.15) is 17.2 Å². The fraction of sp³-hybridized carbons (Fsp3) is 0.483. The minimum atomic E-state index is -0.566. The van der Waals surface area contributed by atoms with E-state index in [2.05, 4.69) is 16.0 Å². The van der Waals surface area contributed by atoms with Crippen LogP contribution in [0.25, 0.3) is 22.0 Å². The Kier molecular flexibility index (Phi) is 6.79. The van der Waals surface area contributed by atoms with E-state index in [9.17, 15) is 14.0 Å². The molecule has 212 valence electrons. The first kappa shape index (κ1) is 27.4. The van der Waals surface area contributed by atoms with Crippen LogP contribution in [0.2, 0.25) is 5.02 Å². The van der Waals surface area contributed by atoms with Gasteiger partial charge in [0, 0.05) is 59.7 Å². The van der Waals surface area contributed by atoms with Crippen LogP contribution in [0, 0.1) is 18.2 Å². The van der Waals surface area contributed by atoms with Crippen molar-refractivity contribution in [3.8, 4) is 11.1 Å². The van der Waals surface area contributed by atoms with Gasteiger partial charge in [-0.25, -0.2) is 14.0 Å². The summed E-state index contributed by atoms with van der Waals surface area (Å²) in [6.07, 6.45) is -0.337. The molecule has 6 rings (SSSR count). The molecule has 0 radical (unpaired) electrons. The number of thioether (sulfide) groups is 1. The van der Waals surface area contributed by atoms with Gasteiger partial charge in [-0.2, -0.15) is 4.98 Å². The summed E-state index contributed by atoms with van der Waals surface area (Å²) in [7, 11) is 0. The molecule has 1 spiro atoms. The van der Waals surface area contributed by atoms with Crippen molar-refractivity contribution in [1.82, 2.24) is 14.5 Å². The van der Waals surface area contributed by atoms with E-state index >= 15 is 0 Å². The summed E-state index contributed by atoms with van der Waals surface area (Å²) in [5.74, 6) is 0.940. The van der Waals surface area contributed by atoms with Crippen LogP contribution in [0.5, 0.6) is 0 Å². The Labute approximate surface area is 241 Å². The number of benzene rings is 2. The highest BCUT2D eigenvalue weighted by molar-refractivity contribution is 7.99. The summed E-state index contributed by atoms with van der Waals surface area (Å²) in [5, 5.41) is 0.946. The van der Waals surface area contributed by atoms with Gasteiger partial charge in [0.15, 0.2) is 0 Å². The van der Waals surface area contributed by atoms with Gasteiger partial charge in [-0.15, -0.1) is 11.8 Å². The summed E-state index contributed by atoms with van der Waals surface area (Å²) < 4.78 is 27.0. The molecule has 1 aromatic heterocycles. The maximum atomic E-state index is 14.1. The van der Waals surface area contributed by atoms with Crippen LogP contribution < -0.4 is 10.6 Å². The highest BCUT2D eigenvalue weighted by Crippen LogP contribution is 2.48. The molecule has 2 saturated heterocycles. The Morgan fingerprint density at radius 2 is 1.90 bits per heavy atom. The van der Waals surface area contributed by atoms with Crippen LogP contribution >= 0.6 is 23.4 Å². The van der Waals surface area contributed by atoms with Gasteiger partial charge in [0.25, 0.3) is 0 Å². The molecule has 2 fully saturated rings. The molecule has 0 N–H and O–H groups in total. The maximum Gasteiger partial charge on any atom is 0.410 e. The number of anilines is 1. The lowest BCUT2D eigenvalue weighted by Crippen LogP contribution is -2.51. The number of rotatable bonds is 2. The molecule has 8 nitrogen and oxygen atoms in total. The van der Waals surface area contributed by atoms with E-state index in [0.29, 0.717) is 51.8 Å². The highest BCUT2D eigenvalue weighted by Gasteiger charge is 2.42. The number of carbonyl (C=O) groups is 1. The standard InChI is InChI=1S/C29H32ClFN4O4S/c1-17-11-19-23-24(22(17)18-5-6-21(31)20(30)12-18)40-16-29(14-38-15-29)13-35(23)26(36)32-25(19)33-7-9-34(10-8-33)27(37)39-28(2,3)4/h5-6,11-12H,7-10,13-16H2,1-4H3. The number of carbonyl (C=O) groups excluding carboxylic acids is 1. The third-order valence-electron chi connectivity index (χ3n) is 7.67. The first-order valence-corrected chi connectivity index (χ1v) is 14.8. The number of hydrogen-bond donors (Lipinski definition) is 0. The van der Waals surface area contributed by atoms with E-state index in [1.54, 1.807) is 33.4 Å². The Morgan fingerprint density at radius 1 is 1.18 bits per heavy atom. The molecule has 11 heteroatoms. The van der Waals surface area contributed by atoms with Gasteiger partial charge >= 0.3 is 11.8 Å². The lowest BCUT2D eigenvalue weighted by atomic mass is 9.88. The molecule has 0 bridgehead atoms. The van der Waals surface area contributed by atoms with Crippen molar-refractivity contribution in [2.24, 2.45) is 5.41 Å². The molecule has 2 aromatic carbocycles. The predicted octanol–water partition coefficient (Wildman–Crippen LogP) is 5.34. The first-order valence-electron chi connectivity index (χ1n) is 13.4. The average molecular weight is 587 g/mol. The number of amides is 1. The number of ether oxygens (including phenoxy) is 2. The van der Waals surface area contributed by atoms with Gasteiger partial charge in [0.2, 0.25) is 0 Å². The molecule has 40 heavy (non-hydrogen) atoms. The summed E-state index contributed by atoms with van der Waals surface area (Å²) >= 11 is 7.91. The van der Waals surface area contributed by atoms with Crippen LogP contribution in [-0.4, -0.2) is 71.3 Å². The van der Waals surface area contributed by atoms with Crippen LogP contribution in [0.4, 0.5) is 15.0 Å². The van der Waals surface area contributed by atoms with Crippen molar-refractivity contribution in [2.75, 3.05) is 50.0 Å². The maximum absolute atomic E-state index is 14.1. The highest BCUT2D eigenvalue weighted by atomic mass is 35.5. The van der Waals surface area contributed by atoms with Gasteiger partial charge < -0.3 is 19.3 Å². The van der Waals surface area contributed by atoms with Gasteiger partial charge in [-0.1, -0.05) is 17.7 Å². The zero-order chi connectivity index (χ0) is 28.4. The molecule has 3 aliphatic heterocycles. The van der Waals surface area contributed by atoms with Crippen molar-refractivity contribution >= 4 is 46.2 Å². The van der Waals surface area contributed by atoms with Crippen molar-refractivity contribution in [3.05, 3.63) is 51.2 Å². The fourth-order valence-corrected chi connectivity index (χ4v) is 7.33. The molecule has 3 aromatic rings. The smallest absolute Gasteiger partial charge is 0.410 e. The second-order valence-electron chi connectivity index (χ2n) is 12.0. The summed E-state index contributed by atoms with van der Waals surface area (Å²) in [6, 6.07) is 6.83. The lowest BCUT2D eigenvalue weighted by molar-refractivity contribution is -0.106. The van der Waals surface area contributed by atoms with Gasteiger partial charge in [-0.05, 0) is 57.0 Å². The van der Waals surface area contributed by atoms with Crippen molar-refractivity contribution in [3.63, 3.8) is 0 Å². The quantitative estimate of drug-likeness (QED) is 0.401. The summed E-state index contributed by atoms with van der Waals surface area (Å²) in [6.45, 7) is 11.3. The number of aryl methyl sites for hydroxylation is 1. The van der Waals surface area contributed by atoms with Crippen molar-refractivity contribution in [1.29, 1.82) is 0 Å². The zero-order valence-electron chi connectivity index (χ0n) is 23.1. The first-order chi connectivity index (χ1) is 18.9. The topological polar surface area (TPSA) is 76.9 Å². The van der Waals surface area contributed by atoms with E-state index < -0.39 is 11.4 Å². The number of halogens is 2. The zero-order valence-corrected chi connectivity index (χ0v) is 24.6. The van der Waals surface area contributed by atoms with Gasteiger partial charge in [-0.3, -0.25) is 4.57 Å². The minimum Gasteiger partial charge on any atom is -0.444 e. The van der Waals surface area contributed by atoms with Crippen molar-refractivity contribution in [2.45, 2.75) is 44.7 Å². The summed E-state index contributed by atoms with van der Waals surface area (Å²) in [4.78, 5) is 35.7. The largest absolute Gasteiger partial charge is 0.444 e. The Bertz CT molecular complexity index is 1580. The molecular weight excluding hydrogens is 555 g/mol. The molecule has 0 unspecified atom stereocenters. The normalized spacial score (nSPS) is 18.6.